The van der Waals surface area contributed by atoms with Crippen molar-refractivity contribution < 1.29 is 18.3 Å². The van der Waals surface area contributed by atoms with Crippen molar-refractivity contribution in [2.75, 3.05) is 13.1 Å². The predicted molar refractivity (Wildman–Crippen MR) is 93.0 cm³/mol. The van der Waals surface area contributed by atoms with E-state index in [0.717, 1.165) is 17.4 Å². The first-order valence-electron chi connectivity index (χ1n) is 8.20. The van der Waals surface area contributed by atoms with Crippen molar-refractivity contribution in [3.05, 3.63) is 23.8 Å². The standard InChI is InChI=1S/C17H21F2N3O2S/c1-17(2,3)21-15(23)22-6-4-11(5-7-22)24-16-20-14-12(19)8-10(18)9-13(14)25-16/h8-9,11H,4-7H2,1-3H3,(H,21,23). The Morgan fingerprint density at radius 2 is 2.00 bits per heavy atom. The van der Waals surface area contributed by atoms with Gasteiger partial charge in [0.1, 0.15) is 17.4 Å². The van der Waals surface area contributed by atoms with Crippen LogP contribution < -0.4 is 10.1 Å². The van der Waals surface area contributed by atoms with Gasteiger partial charge in [-0.3, -0.25) is 0 Å². The maximum atomic E-state index is 13.7. The predicted octanol–water partition coefficient (Wildman–Crippen LogP) is 3.93. The lowest BCUT2D eigenvalue weighted by atomic mass is 10.1. The summed E-state index contributed by atoms with van der Waals surface area (Å²) in [5.74, 6) is -1.31. The number of hydrogen-bond donors (Lipinski definition) is 1. The Hall–Kier alpha value is -1.96. The molecule has 5 nitrogen and oxygen atoms in total. The van der Waals surface area contributed by atoms with E-state index in [9.17, 15) is 13.6 Å². The second-order valence-electron chi connectivity index (χ2n) is 7.20. The molecule has 136 valence electrons. The SMILES string of the molecule is CC(C)(C)NC(=O)N1CCC(Oc2nc3c(F)cc(F)cc3s2)CC1. The van der Waals surface area contributed by atoms with Crippen LogP contribution in [-0.2, 0) is 0 Å². The van der Waals surface area contributed by atoms with Gasteiger partial charge in [-0.1, -0.05) is 11.3 Å². The molecule has 0 atom stereocenters. The number of thiazole rings is 1. The lowest BCUT2D eigenvalue weighted by Crippen LogP contribution is -2.51. The highest BCUT2D eigenvalue weighted by atomic mass is 32.1. The number of ether oxygens (including phenoxy) is 1. The van der Waals surface area contributed by atoms with E-state index < -0.39 is 11.6 Å². The zero-order valence-corrected chi connectivity index (χ0v) is 15.3. The number of halogens is 2. The normalized spacial score (nSPS) is 16.3. The van der Waals surface area contributed by atoms with Crippen LogP contribution in [0.4, 0.5) is 13.6 Å². The van der Waals surface area contributed by atoms with Crippen molar-refractivity contribution in [1.82, 2.24) is 15.2 Å². The van der Waals surface area contributed by atoms with Gasteiger partial charge < -0.3 is 15.0 Å². The molecule has 2 heterocycles. The number of aromatic nitrogens is 1. The van der Waals surface area contributed by atoms with Gasteiger partial charge in [0.05, 0.1) is 4.70 Å². The fourth-order valence-corrected chi connectivity index (χ4v) is 3.63. The Bertz CT molecular complexity index is 780. The smallest absolute Gasteiger partial charge is 0.317 e. The molecule has 25 heavy (non-hydrogen) atoms. The molecule has 8 heteroatoms. The number of carbonyl (C=O) groups excluding carboxylic acids is 1. The number of amides is 2. The minimum atomic E-state index is -0.685. The molecule has 1 aliphatic heterocycles. The van der Waals surface area contributed by atoms with Crippen LogP contribution in [0.25, 0.3) is 10.2 Å². The quantitative estimate of drug-likeness (QED) is 0.873. The van der Waals surface area contributed by atoms with Crippen molar-refractivity contribution in [2.24, 2.45) is 0 Å². The zero-order valence-electron chi connectivity index (χ0n) is 14.4. The molecular weight excluding hydrogens is 348 g/mol. The van der Waals surface area contributed by atoms with Gasteiger partial charge in [0.25, 0.3) is 5.19 Å². The first-order chi connectivity index (χ1) is 11.7. The summed E-state index contributed by atoms with van der Waals surface area (Å²) in [7, 11) is 0. The van der Waals surface area contributed by atoms with Gasteiger partial charge in [-0.25, -0.2) is 13.6 Å². The second kappa shape index (κ2) is 6.74. The summed E-state index contributed by atoms with van der Waals surface area (Å²) in [6, 6.07) is 1.99. The number of piperidine rings is 1. The highest BCUT2D eigenvalue weighted by Crippen LogP contribution is 2.31. The summed E-state index contributed by atoms with van der Waals surface area (Å²) in [4.78, 5) is 18.0. The average molecular weight is 369 g/mol. The molecular formula is C17H21F2N3O2S. The van der Waals surface area contributed by atoms with Gasteiger partial charge in [-0.15, -0.1) is 0 Å². The van der Waals surface area contributed by atoms with Crippen LogP contribution in [-0.4, -0.2) is 40.6 Å². The molecule has 1 aromatic heterocycles. The Morgan fingerprint density at radius 1 is 1.32 bits per heavy atom. The first kappa shape index (κ1) is 17.8. The van der Waals surface area contributed by atoms with E-state index in [-0.39, 0.29) is 23.2 Å². The van der Waals surface area contributed by atoms with Crippen molar-refractivity contribution >= 4 is 27.6 Å². The van der Waals surface area contributed by atoms with Crippen LogP contribution in [0.1, 0.15) is 33.6 Å². The maximum absolute atomic E-state index is 13.7. The highest BCUT2D eigenvalue weighted by Gasteiger charge is 2.26. The third-order valence-electron chi connectivity index (χ3n) is 3.87. The number of hydrogen-bond acceptors (Lipinski definition) is 4. The summed E-state index contributed by atoms with van der Waals surface area (Å²) in [6.07, 6.45) is 1.25. The summed E-state index contributed by atoms with van der Waals surface area (Å²) >= 11 is 1.13. The fourth-order valence-electron chi connectivity index (χ4n) is 2.71. The van der Waals surface area contributed by atoms with E-state index in [0.29, 0.717) is 35.8 Å². The van der Waals surface area contributed by atoms with E-state index in [1.807, 2.05) is 20.8 Å². The van der Waals surface area contributed by atoms with Gasteiger partial charge in [0.15, 0.2) is 5.82 Å². The third kappa shape index (κ3) is 4.36. The summed E-state index contributed by atoms with van der Waals surface area (Å²) in [5, 5.41) is 3.27. The van der Waals surface area contributed by atoms with Gasteiger partial charge in [-0.05, 0) is 26.8 Å². The molecule has 1 aromatic carbocycles. The molecule has 0 aliphatic carbocycles. The molecule has 0 unspecified atom stereocenters. The molecule has 2 amide bonds. The van der Waals surface area contributed by atoms with Gasteiger partial charge >= 0.3 is 6.03 Å². The number of nitrogens with one attached hydrogen (secondary N) is 1. The molecule has 1 N–H and O–H groups in total. The largest absolute Gasteiger partial charge is 0.467 e. The second-order valence-corrected chi connectivity index (χ2v) is 8.19. The van der Waals surface area contributed by atoms with Crippen LogP contribution in [0.2, 0.25) is 0 Å². The third-order valence-corrected chi connectivity index (χ3v) is 4.77. The molecule has 0 spiro atoms. The topological polar surface area (TPSA) is 54.5 Å². The first-order valence-corrected chi connectivity index (χ1v) is 9.02. The van der Waals surface area contributed by atoms with Gasteiger partial charge in [0, 0.05) is 37.5 Å². The van der Waals surface area contributed by atoms with Crippen LogP contribution in [0.15, 0.2) is 12.1 Å². The lowest BCUT2D eigenvalue weighted by molar-refractivity contribution is 0.108. The molecule has 2 aromatic rings. The van der Waals surface area contributed by atoms with Crippen molar-refractivity contribution in [2.45, 2.75) is 45.3 Å². The lowest BCUT2D eigenvalue weighted by Gasteiger charge is -2.33. The van der Waals surface area contributed by atoms with Crippen LogP contribution >= 0.6 is 11.3 Å². The van der Waals surface area contributed by atoms with Crippen molar-refractivity contribution in [1.29, 1.82) is 0 Å². The van der Waals surface area contributed by atoms with E-state index in [4.69, 9.17) is 4.74 Å². The Labute approximate surface area is 149 Å². The number of nitrogens with zero attached hydrogens (tertiary/aromatic N) is 2. The average Bonchev–Trinajstić information content (AvgIpc) is 2.89. The minimum Gasteiger partial charge on any atom is -0.467 e. The van der Waals surface area contributed by atoms with Gasteiger partial charge in [-0.2, -0.15) is 4.98 Å². The number of urea groups is 1. The summed E-state index contributed by atoms with van der Waals surface area (Å²) in [6.45, 7) is 6.99. The van der Waals surface area contributed by atoms with Crippen LogP contribution in [0.3, 0.4) is 0 Å². The molecule has 0 bridgehead atoms. The summed E-state index contributed by atoms with van der Waals surface area (Å²) in [5.41, 5.74) is -0.145. The molecule has 1 aliphatic rings. The molecule has 3 rings (SSSR count). The van der Waals surface area contributed by atoms with Gasteiger partial charge in [0.2, 0.25) is 0 Å². The molecule has 0 radical (unpaired) electrons. The van der Waals surface area contributed by atoms with Crippen LogP contribution in [0, 0.1) is 11.6 Å². The number of rotatable bonds is 2. The van der Waals surface area contributed by atoms with E-state index >= 15 is 0 Å². The Balaban J connectivity index is 1.59. The number of likely N-dealkylation sites (tertiary alicyclic amines) is 1. The van der Waals surface area contributed by atoms with Crippen molar-refractivity contribution in [3.8, 4) is 5.19 Å². The van der Waals surface area contributed by atoms with Crippen molar-refractivity contribution in [3.63, 3.8) is 0 Å². The monoisotopic (exact) mass is 369 g/mol. The highest BCUT2D eigenvalue weighted by molar-refractivity contribution is 7.20. The number of benzene rings is 1. The maximum Gasteiger partial charge on any atom is 0.317 e. The van der Waals surface area contributed by atoms with E-state index in [2.05, 4.69) is 10.3 Å². The Kier molecular flexibility index (Phi) is 4.81. The zero-order chi connectivity index (χ0) is 18.2. The minimum absolute atomic E-state index is 0.0801. The Morgan fingerprint density at radius 3 is 2.64 bits per heavy atom. The van der Waals surface area contributed by atoms with E-state index in [1.54, 1.807) is 4.90 Å². The van der Waals surface area contributed by atoms with Crippen LogP contribution in [0.5, 0.6) is 5.19 Å². The molecule has 1 fully saturated rings. The summed E-state index contributed by atoms with van der Waals surface area (Å²) < 4.78 is 33.2. The molecule has 0 saturated carbocycles. The fraction of sp³-hybridized carbons (Fsp3) is 0.529. The van der Waals surface area contributed by atoms with E-state index in [1.165, 1.54) is 6.07 Å². The molecule has 1 saturated heterocycles. The number of fused-ring (bicyclic) bond motifs is 1. The number of carbonyl (C=O) groups is 1.